The van der Waals surface area contributed by atoms with Gasteiger partial charge >= 0.3 is 0 Å². The van der Waals surface area contributed by atoms with E-state index >= 15 is 0 Å². The van der Waals surface area contributed by atoms with Crippen LogP contribution in [0.4, 0.5) is 0 Å². The molecular formula is C19H26N2O8S. The maximum atomic E-state index is 13.0. The zero-order chi connectivity index (χ0) is 22.5. The van der Waals surface area contributed by atoms with Crippen LogP contribution in [0, 0.1) is 0 Å². The Labute approximate surface area is 175 Å². The Morgan fingerprint density at radius 2 is 1.57 bits per heavy atom. The molecule has 0 bridgehead atoms. The van der Waals surface area contributed by atoms with Crippen molar-refractivity contribution in [2.24, 2.45) is 0 Å². The summed E-state index contributed by atoms with van der Waals surface area (Å²) in [4.78, 5) is 62.4. The number of unbranched alkanes of at least 4 members (excludes halogenated alkanes) is 6. The second-order valence-corrected chi connectivity index (χ2v) is 9.02. The quantitative estimate of drug-likeness (QED) is 0.283. The summed E-state index contributed by atoms with van der Waals surface area (Å²) >= 11 is 0. The van der Waals surface area contributed by atoms with E-state index in [1.54, 1.807) is 0 Å². The number of imide groups is 4. The van der Waals surface area contributed by atoms with Gasteiger partial charge in [-0.3, -0.25) is 33.4 Å². The van der Waals surface area contributed by atoms with Crippen molar-refractivity contribution in [3.63, 3.8) is 0 Å². The monoisotopic (exact) mass is 442 g/mol. The highest BCUT2D eigenvalue weighted by atomic mass is 32.2. The Bertz CT molecular complexity index is 846. The van der Waals surface area contributed by atoms with E-state index < -0.39 is 57.4 Å². The molecule has 2 heterocycles. The van der Waals surface area contributed by atoms with Gasteiger partial charge in [0.2, 0.25) is 5.91 Å². The van der Waals surface area contributed by atoms with E-state index in [0.717, 1.165) is 50.7 Å². The van der Waals surface area contributed by atoms with Crippen LogP contribution in [0.5, 0.6) is 0 Å². The summed E-state index contributed by atoms with van der Waals surface area (Å²) in [6, 6.07) is -1.40. The lowest BCUT2D eigenvalue weighted by Gasteiger charge is -2.27. The SMILES string of the molecule is CCCCCCCCCC(C(=O)N1C(=O)CC(S(=O)(=O)O)C1=O)N1C(=O)C=CC1=O. The maximum absolute atomic E-state index is 13.0. The largest absolute Gasteiger partial charge is 0.285 e. The fourth-order valence-corrected chi connectivity index (χ4v) is 4.31. The average Bonchev–Trinajstić information content (AvgIpc) is 3.15. The van der Waals surface area contributed by atoms with Crippen molar-refractivity contribution < 1.29 is 36.9 Å². The number of hydrogen-bond acceptors (Lipinski definition) is 7. The topological polar surface area (TPSA) is 146 Å². The molecule has 5 amide bonds. The van der Waals surface area contributed by atoms with E-state index in [9.17, 15) is 32.4 Å². The molecule has 0 saturated carbocycles. The van der Waals surface area contributed by atoms with Crippen LogP contribution in [0.3, 0.4) is 0 Å². The molecule has 0 radical (unpaired) electrons. The highest BCUT2D eigenvalue weighted by molar-refractivity contribution is 7.87. The summed E-state index contributed by atoms with van der Waals surface area (Å²) in [7, 11) is -4.87. The summed E-state index contributed by atoms with van der Waals surface area (Å²) < 4.78 is 31.8. The fraction of sp³-hybridized carbons (Fsp3) is 0.632. The van der Waals surface area contributed by atoms with Crippen LogP contribution in [-0.4, -0.2) is 63.6 Å². The molecule has 0 aliphatic carbocycles. The van der Waals surface area contributed by atoms with Crippen LogP contribution in [0.25, 0.3) is 0 Å². The van der Waals surface area contributed by atoms with E-state index in [-0.39, 0.29) is 11.3 Å². The van der Waals surface area contributed by atoms with Crippen molar-refractivity contribution in [1.29, 1.82) is 0 Å². The molecule has 2 aliphatic rings. The minimum absolute atomic E-state index is 0.0410. The first kappa shape index (κ1) is 23.9. The van der Waals surface area contributed by atoms with Gasteiger partial charge in [0.15, 0.2) is 5.25 Å². The molecule has 2 unspecified atom stereocenters. The molecule has 0 spiro atoms. The number of hydrogen-bond donors (Lipinski definition) is 1. The lowest BCUT2D eigenvalue weighted by Crippen LogP contribution is -2.53. The first-order valence-corrected chi connectivity index (χ1v) is 11.5. The highest BCUT2D eigenvalue weighted by Gasteiger charge is 2.51. The lowest BCUT2D eigenvalue weighted by atomic mass is 10.0. The predicted molar refractivity (Wildman–Crippen MR) is 104 cm³/mol. The van der Waals surface area contributed by atoms with E-state index in [4.69, 9.17) is 4.55 Å². The minimum Gasteiger partial charge on any atom is -0.285 e. The van der Waals surface area contributed by atoms with Crippen molar-refractivity contribution in [2.45, 2.75) is 76.0 Å². The van der Waals surface area contributed by atoms with E-state index in [2.05, 4.69) is 6.92 Å². The lowest BCUT2D eigenvalue weighted by molar-refractivity contribution is -0.157. The van der Waals surface area contributed by atoms with Gasteiger partial charge in [-0.25, -0.2) is 4.90 Å². The van der Waals surface area contributed by atoms with Crippen LogP contribution in [0.1, 0.15) is 64.7 Å². The Balaban J connectivity index is 2.13. The molecule has 10 nitrogen and oxygen atoms in total. The van der Waals surface area contributed by atoms with Crippen molar-refractivity contribution in [1.82, 2.24) is 9.80 Å². The fourth-order valence-electron chi connectivity index (χ4n) is 3.59. The Kier molecular flexibility index (Phi) is 8.02. The second-order valence-electron chi connectivity index (χ2n) is 7.42. The normalized spacial score (nSPS) is 20.5. The molecule has 0 aromatic rings. The molecule has 0 aromatic heterocycles. The van der Waals surface area contributed by atoms with Crippen molar-refractivity contribution in [3.8, 4) is 0 Å². The predicted octanol–water partition coefficient (Wildman–Crippen LogP) is 0.963. The van der Waals surface area contributed by atoms with Crippen LogP contribution < -0.4 is 0 Å². The molecule has 166 valence electrons. The standard InChI is InChI=1S/C19H26N2O8S/c1-2-3-4-5-6-7-8-9-13(20-15(22)10-11-16(20)23)18(25)21-17(24)12-14(19(21)26)30(27,28)29/h10-11,13-14H,2-9,12H2,1H3,(H,27,28,29). The number of amides is 5. The van der Waals surface area contributed by atoms with Crippen LogP contribution in [0.15, 0.2) is 12.2 Å². The summed E-state index contributed by atoms with van der Waals surface area (Å²) in [5.74, 6) is -5.08. The molecule has 1 fully saturated rings. The number of carbonyl (C=O) groups excluding carboxylic acids is 5. The molecule has 2 atom stereocenters. The third-order valence-corrected chi connectivity index (χ3v) is 6.29. The number of carbonyl (C=O) groups is 5. The Morgan fingerprint density at radius 3 is 2.07 bits per heavy atom. The summed E-state index contributed by atoms with van der Waals surface area (Å²) in [5, 5.41) is -2.06. The zero-order valence-electron chi connectivity index (χ0n) is 16.8. The minimum atomic E-state index is -4.87. The van der Waals surface area contributed by atoms with Crippen molar-refractivity contribution >= 4 is 39.7 Å². The van der Waals surface area contributed by atoms with Gasteiger partial charge in [0.1, 0.15) is 6.04 Å². The van der Waals surface area contributed by atoms with Gasteiger partial charge < -0.3 is 0 Å². The number of nitrogens with zero attached hydrogens (tertiary/aromatic N) is 2. The molecule has 1 N–H and O–H groups in total. The van der Waals surface area contributed by atoms with Gasteiger partial charge in [-0.05, 0) is 6.42 Å². The summed E-state index contributed by atoms with van der Waals surface area (Å²) in [5.41, 5.74) is 0. The third-order valence-electron chi connectivity index (χ3n) is 5.21. The van der Waals surface area contributed by atoms with Crippen LogP contribution in [0.2, 0.25) is 0 Å². The van der Waals surface area contributed by atoms with Gasteiger partial charge in [0.05, 0.1) is 6.42 Å². The van der Waals surface area contributed by atoms with Crippen molar-refractivity contribution in [2.75, 3.05) is 0 Å². The number of likely N-dealkylation sites (tertiary alicyclic amines) is 1. The smallest absolute Gasteiger partial charge is 0.277 e. The molecule has 2 rings (SSSR count). The maximum Gasteiger partial charge on any atom is 0.277 e. The molecule has 11 heteroatoms. The van der Waals surface area contributed by atoms with Gasteiger partial charge in [0.25, 0.3) is 33.7 Å². The first-order valence-electron chi connectivity index (χ1n) is 10.0. The van der Waals surface area contributed by atoms with E-state index in [0.29, 0.717) is 11.3 Å². The third kappa shape index (κ3) is 5.39. The number of rotatable bonds is 11. The molecule has 1 saturated heterocycles. The molecule has 2 aliphatic heterocycles. The van der Waals surface area contributed by atoms with Gasteiger partial charge in [-0.1, -0.05) is 51.9 Å². The van der Waals surface area contributed by atoms with Gasteiger partial charge in [0, 0.05) is 12.2 Å². The first-order chi connectivity index (χ1) is 14.1. The Hall–Kier alpha value is -2.40. The van der Waals surface area contributed by atoms with E-state index in [1.165, 1.54) is 0 Å². The van der Waals surface area contributed by atoms with Crippen LogP contribution >= 0.6 is 0 Å². The van der Waals surface area contributed by atoms with Gasteiger partial charge in [-0.2, -0.15) is 8.42 Å². The highest BCUT2D eigenvalue weighted by Crippen LogP contribution is 2.24. The summed E-state index contributed by atoms with van der Waals surface area (Å²) in [6.07, 6.45) is 7.56. The zero-order valence-corrected chi connectivity index (χ0v) is 17.6. The average molecular weight is 442 g/mol. The van der Waals surface area contributed by atoms with E-state index in [1.807, 2.05) is 0 Å². The summed E-state index contributed by atoms with van der Waals surface area (Å²) in [6.45, 7) is 2.10. The van der Waals surface area contributed by atoms with Crippen molar-refractivity contribution in [3.05, 3.63) is 12.2 Å². The Morgan fingerprint density at radius 1 is 1.03 bits per heavy atom. The second kappa shape index (κ2) is 10.1. The van der Waals surface area contributed by atoms with Crippen LogP contribution in [-0.2, 0) is 34.1 Å². The molecule has 30 heavy (non-hydrogen) atoms. The molecular weight excluding hydrogens is 416 g/mol. The van der Waals surface area contributed by atoms with Gasteiger partial charge in [-0.15, -0.1) is 0 Å². The molecule has 0 aromatic carbocycles.